The van der Waals surface area contributed by atoms with E-state index in [0.717, 1.165) is 0 Å². The molecule has 1 unspecified atom stereocenters. The molecule has 0 aliphatic rings. The number of hydrogen-bond acceptors (Lipinski definition) is 5. The van der Waals surface area contributed by atoms with Gasteiger partial charge in [-0.25, -0.2) is 4.79 Å². The van der Waals surface area contributed by atoms with Crippen LogP contribution in [0.25, 0.3) is 0 Å². The molecule has 1 rings (SSSR count). The molecule has 0 saturated heterocycles. The Balaban J connectivity index is 2.64. The third kappa shape index (κ3) is 6.34. The second-order valence-corrected chi connectivity index (χ2v) is 5.93. The number of carboxylic acid groups (broad SMARTS) is 1. The van der Waals surface area contributed by atoms with E-state index >= 15 is 0 Å². The number of carboxylic acids is 1. The Bertz CT molecular complexity index is 601. The normalized spacial score (nSPS) is 14.2. The summed E-state index contributed by atoms with van der Waals surface area (Å²) < 4.78 is 30.0. The van der Waals surface area contributed by atoms with Crippen LogP contribution in [-0.2, 0) is 19.7 Å². The first-order valence-electron chi connectivity index (χ1n) is 5.97. The van der Waals surface area contributed by atoms with Crippen molar-refractivity contribution in [2.24, 2.45) is 5.73 Å². The minimum absolute atomic E-state index is 0.209. The summed E-state index contributed by atoms with van der Waals surface area (Å²) in [5.41, 5.74) is 6.49. The van der Waals surface area contributed by atoms with E-state index in [9.17, 15) is 18.0 Å². The third-order valence-corrected chi connectivity index (χ3v) is 3.40. The molecule has 0 heterocycles. The molecular weight excluding hydrogens is 300 g/mol. The first-order valence-corrected chi connectivity index (χ1v) is 7.58. The van der Waals surface area contributed by atoms with Crippen molar-refractivity contribution in [1.82, 2.24) is 5.32 Å². The van der Waals surface area contributed by atoms with E-state index in [2.05, 4.69) is 0 Å². The fourth-order valence-corrected chi connectivity index (χ4v) is 2.30. The molecule has 0 fully saturated rings. The van der Waals surface area contributed by atoms with Crippen LogP contribution in [0.5, 0.6) is 0 Å². The summed E-state index contributed by atoms with van der Waals surface area (Å²) in [6, 6.07) is 6.32. The number of benzene rings is 1. The largest absolute Gasteiger partial charge is 0.480 e. The van der Waals surface area contributed by atoms with Crippen LogP contribution in [0.1, 0.15) is 18.0 Å². The highest BCUT2D eigenvalue weighted by Crippen LogP contribution is 2.13. The molecule has 9 heteroatoms. The van der Waals surface area contributed by atoms with Gasteiger partial charge in [-0.1, -0.05) is 30.3 Å². The van der Waals surface area contributed by atoms with E-state index in [4.69, 9.17) is 15.4 Å². The summed E-state index contributed by atoms with van der Waals surface area (Å²) in [5, 5.41) is 10.8. The molecule has 21 heavy (non-hydrogen) atoms. The van der Waals surface area contributed by atoms with E-state index < -0.39 is 39.8 Å². The molecule has 0 saturated carbocycles. The molecule has 1 aromatic rings. The number of aliphatic carboxylic acids is 1. The van der Waals surface area contributed by atoms with Crippen LogP contribution in [0.4, 0.5) is 0 Å². The number of nitrogens with one attached hydrogen (secondary N) is 1. The lowest BCUT2D eigenvalue weighted by Crippen LogP contribution is -2.45. The highest BCUT2D eigenvalue weighted by atomic mass is 32.2. The highest BCUT2D eigenvalue weighted by Gasteiger charge is 2.26. The Morgan fingerprint density at radius 2 is 1.81 bits per heavy atom. The third-order valence-electron chi connectivity index (χ3n) is 2.64. The van der Waals surface area contributed by atoms with Gasteiger partial charge in [-0.3, -0.25) is 9.35 Å². The van der Waals surface area contributed by atoms with Crippen molar-refractivity contribution in [2.75, 3.05) is 5.75 Å². The molecule has 2 atom stereocenters. The number of carbonyl (C=O) groups is 2. The topological polar surface area (TPSA) is 147 Å². The maximum absolute atomic E-state index is 11.7. The fourth-order valence-electron chi connectivity index (χ4n) is 1.66. The van der Waals surface area contributed by atoms with Crippen molar-refractivity contribution in [3.8, 4) is 0 Å². The molecule has 0 radical (unpaired) electrons. The predicted octanol–water partition coefficient (Wildman–Crippen LogP) is -0.466. The zero-order valence-corrected chi connectivity index (χ0v) is 11.8. The first kappa shape index (κ1) is 17.1. The van der Waals surface area contributed by atoms with Crippen molar-refractivity contribution in [3.63, 3.8) is 0 Å². The Morgan fingerprint density at radius 1 is 1.24 bits per heavy atom. The molecule has 5 N–H and O–H groups in total. The average molecular weight is 316 g/mol. The van der Waals surface area contributed by atoms with Crippen molar-refractivity contribution in [3.05, 3.63) is 35.9 Å². The highest BCUT2D eigenvalue weighted by molar-refractivity contribution is 7.85. The van der Waals surface area contributed by atoms with Gasteiger partial charge in [-0.2, -0.15) is 8.42 Å². The Morgan fingerprint density at radius 3 is 2.29 bits per heavy atom. The summed E-state index contributed by atoms with van der Waals surface area (Å²) in [7, 11) is -4.52. The van der Waals surface area contributed by atoms with Gasteiger partial charge in [-0.05, 0) is 5.56 Å². The summed E-state index contributed by atoms with van der Waals surface area (Å²) in [4.78, 5) is 22.5. The van der Waals surface area contributed by atoms with Crippen molar-refractivity contribution >= 4 is 22.0 Å². The van der Waals surface area contributed by atoms with Crippen LogP contribution in [0.2, 0.25) is 0 Å². The van der Waals surface area contributed by atoms with Crippen LogP contribution >= 0.6 is 0 Å². The van der Waals surface area contributed by atoms with Crippen molar-refractivity contribution < 1.29 is 27.7 Å². The van der Waals surface area contributed by atoms with Crippen molar-refractivity contribution in [2.45, 2.75) is 18.5 Å². The zero-order valence-electron chi connectivity index (χ0n) is 11.0. The maximum Gasteiger partial charge on any atom is 0.327 e. The van der Waals surface area contributed by atoms with Crippen LogP contribution in [-0.4, -0.2) is 41.7 Å². The van der Waals surface area contributed by atoms with Gasteiger partial charge < -0.3 is 16.2 Å². The van der Waals surface area contributed by atoms with Crippen LogP contribution < -0.4 is 11.1 Å². The molecular formula is C12H16N2O6S. The quantitative estimate of drug-likeness (QED) is 0.497. The van der Waals surface area contributed by atoms with Gasteiger partial charge in [0.2, 0.25) is 5.91 Å². The number of carbonyl (C=O) groups excluding carboxylic acids is 1. The zero-order chi connectivity index (χ0) is 16.0. The summed E-state index contributed by atoms with van der Waals surface area (Å²) in [5.74, 6) is -3.38. The SMILES string of the molecule is NC(CC(=O)N[C@@H](CS(=O)(=O)O)C(=O)O)c1ccccc1. The predicted molar refractivity (Wildman–Crippen MR) is 74.0 cm³/mol. The molecule has 1 amide bonds. The van der Waals surface area contributed by atoms with Gasteiger partial charge in [0.05, 0.1) is 0 Å². The molecule has 0 aromatic heterocycles. The summed E-state index contributed by atoms with van der Waals surface area (Å²) in [6.07, 6.45) is -0.209. The lowest BCUT2D eigenvalue weighted by atomic mass is 10.0. The summed E-state index contributed by atoms with van der Waals surface area (Å²) >= 11 is 0. The molecule has 0 spiro atoms. The smallest absolute Gasteiger partial charge is 0.327 e. The average Bonchev–Trinajstić information content (AvgIpc) is 2.37. The second-order valence-electron chi connectivity index (χ2n) is 4.43. The molecule has 116 valence electrons. The molecule has 8 nitrogen and oxygen atoms in total. The first-order chi connectivity index (χ1) is 9.69. The second kappa shape index (κ2) is 7.16. The van der Waals surface area contributed by atoms with E-state index in [0.29, 0.717) is 5.56 Å². The number of nitrogens with two attached hydrogens (primary N) is 1. The molecule has 0 aliphatic carbocycles. The van der Waals surface area contributed by atoms with Gasteiger partial charge in [0.1, 0.15) is 11.8 Å². The minimum atomic E-state index is -4.52. The van der Waals surface area contributed by atoms with E-state index in [1.807, 2.05) is 5.32 Å². The van der Waals surface area contributed by atoms with Gasteiger partial charge in [0, 0.05) is 12.5 Å². The summed E-state index contributed by atoms with van der Waals surface area (Å²) in [6.45, 7) is 0. The fraction of sp³-hybridized carbons (Fsp3) is 0.333. The van der Waals surface area contributed by atoms with Gasteiger partial charge in [0.15, 0.2) is 0 Å². The number of rotatable bonds is 7. The standard InChI is InChI=1S/C12H16N2O6S/c13-9(8-4-2-1-3-5-8)6-11(15)14-10(12(16)17)7-21(18,19)20/h1-5,9-10H,6-7,13H2,(H,14,15)(H,16,17)(H,18,19,20)/t9?,10-/m0/s1. The Labute approximate surface area is 121 Å². The van der Waals surface area contributed by atoms with Crippen LogP contribution in [0.3, 0.4) is 0 Å². The maximum atomic E-state index is 11.7. The van der Waals surface area contributed by atoms with E-state index in [1.54, 1.807) is 30.3 Å². The van der Waals surface area contributed by atoms with Crippen LogP contribution in [0, 0.1) is 0 Å². The van der Waals surface area contributed by atoms with Gasteiger partial charge >= 0.3 is 5.97 Å². The lowest BCUT2D eigenvalue weighted by Gasteiger charge is -2.15. The molecule has 0 bridgehead atoms. The van der Waals surface area contributed by atoms with E-state index in [1.165, 1.54) is 0 Å². The molecule has 1 aromatic carbocycles. The molecule has 0 aliphatic heterocycles. The number of hydrogen-bond donors (Lipinski definition) is 4. The van der Waals surface area contributed by atoms with Gasteiger partial charge in [-0.15, -0.1) is 0 Å². The minimum Gasteiger partial charge on any atom is -0.480 e. The Kier molecular flexibility index (Phi) is 5.82. The lowest BCUT2D eigenvalue weighted by molar-refractivity contribution is -0.141. The Hall–Kier alpha value is -1.97. The van der Waals surface area contributed by atoms with Crippen molar-refractivity contribution in [1.29, 1.82) is 0 Å². The van der Waals surface area contributed by atoms with Crippen LogP contribution in [0.15, 0.2) is 30.3 Å². The van der Waals surface area contributed by atoms with Gasteiger partial charge in [0.25, 0.3) is 10.1 Å². The van der Waals surface area contributed by atoms with E-state index in [-0.39, 0.29) is 6.42 Å². The monoisotopic (exact) mass is 316 g/mol. The number of amides is 1.